The van der Waals surface area contributed by atoms with Gasteiger partial charge in [0.1, 0.15) is 16.4 Å². The van der Waals surface area contributed by atoms with Crippen molar-refractivity contribution < 1.29 is 9.53 Å². The molecule has 0 aliphatic heterocycles. The Morgan fingerprint density at radius 2 is 1.83 bits per heavy atom. The molecule has 0 amide bonds. The molecule has 0 radical (unpaired) electrons. The summed E-state index contributed by atoms with van der Waals surface area (Å²) in [5.74, 6) is 0.843. The molecule has 0 atom stereocenters. The molecule has 5 nitrogen and oxygen atoms in total. The number of anilines is 2. The van der Waals surface area contributed by atoms with Crippen LogP contribution in [-0.4, -0.2) is 24.4 Å². The molecule has 6 heteroatoms. The minimum atomic E-state index is -0.127. The van der Waals surface area contributed by atoms with Crippen LogP contribution in [0.2, 0.25) is 0 Å². The van der Waals surface area contributed by atoms with E-state index >= 15 is 0 Å². The van der Waals surface area contributed by atoms with Crippen LogP contribution in [0, 0.1) is 0 Å². The fraction of sp³-hybridized carbons (Fsp3) is 0.417. The molecule has 1 aromatic carbocycles. The minimum Gasteiger partial charge on any atom is -0.497 e. The predicted octanol–water partition coefficient (Wildman–Crippen LogP) is 6.73. The SMILES string of the molecule is C/C=C\C/C=C(\C)CCNc1nc(N)c(C(=O)c2ccc(OC)cc2)s1.CC.CC. The lowest BCUT2D eigenvalue weighted by Gasteiger charge is -2.03. The number of ketones is 1. The highest BCUT2D eigenvalue weighted by Crippen LogP contribution is 2.28. The van der Waals surface area contributed by atoms with E-state index in [1.165, 1.54) is 16.9 Å². The standard InChI is InChI=1S/C20H25N3O2S.2C2H6/c1-4-5-6-7-14(2)12-13-22-20-23-19(21)18(26-20)17(24)15-8-10-16(25-3)11-9-15;2*1-2/h4-5,7-11H,6,12-13,21H2,1-3H3,(H,22,23);2*1-2H3/b5-4-,14-7+;;. The number of nitrogens with one attached hydrogen (secondary N) is 1. The van der Waals surface area contributed by atoms with Crippen LogP contribution < -0.4 is 15.8 Å². The van der Waals surface area contributed by atoms with Gasteiger partial charge < -0.3 is 15.8 Å². The maximum Gasteiger partial charge on any atom is 0.206 e. The second kappa shape index (κ2) is 16.2. The Hall–Kier alpha value is -2.60. The zero-order valence-corrected chi connectivity index (χ0v) is 20.2. The van der Waals surface area contributed by atoms with Gasteiger partial charge in [-0.15, -0.1) is 0 Å². The molecule has 2 rings (SSSR count). The van der Waals surface area contributed by atoms with Gasteiger partial charge in [0.15, 0.2) is 5.13 Å². The summed E-state index contributed by atoms with van der Waals surface area (Å²) in [7, 11) is 1.59. The average Bonchev–Trinajstić information content (AvgIpc) is 3.16. The number of hydrogen-bond donors (Lipinski definition) is 2. The Morgan fingerprint density at radius 3 is 2.40 bits per heavy atom. The van der Waals surface area contributed by atoms with E-state index in [9.17, 15) is 4.79 Å². The molecule has 0 saturated heterocycles. The number of nitrogens with two attached hydrogens (primary N) is 1. The van der Waals surface area contributed by atoms with E-state index in [0.29, 0.717) is 21.3 Å². The van der Waals surface area contributed by atoms with E-state index < -0.39 is 0 Å². The molecule has 2 aromatic rings. The number of allylic oxidation sites excluding steroid dienone is 3. The highest BCUT2D eigenvalue weighted by molar-refractivity contribution is 7.18. The van der Waals surface area contributed by atoms with Crippen LogP contribution in [0.4, 0.5) is 10.9 Å². The number of carbonyl (C=O) groups is 1. The summed E-state index contributed by atoms with van der Waals surface area (Å²) in [6.07, 6.45) is 8.24. The molecule has 30 heavy (non-hydrogen) atoms. The lowest BCUT2D eigenvalue weighted by atomic mass is 10.1. The fourth-order valence-corrected chi connectivity index (χ4v) is 3.19. The van der Waals surface area contributed by atoms with Crippen LogP contribution >= 0.6 is 11.3 Å². The number of methoxy groups -OCH3 is 1. The van der Waals surface area contributed by atoms with Crippen LogP contribution in [0.3, 0.4) is 0 Å². The highest BCUT2D eigenvalue weighted by atomic mass is 32.1. The van der Waals surface area contributed by atoms with Crippen molar-refractivity contribution in [1.29, 1.82) is 0 Å². The first-order valence-corrected chi connectivity index (χ1v) is 11.3. The smallest absolute Gasteiger partial charge is 0.206 e. The normalized spacial score (nSPS) is 10.6. The van der Waals surface area contributed by atoms with Crippen LogP contribution in [0.15, 0.2) is 48.1 Å². The van der Waals surface area contributed by atoms with Crippen molar-refractivity contribution in [3.8, 4) is 5.75 Å². The number of ether oxygens (including phenoxy) is 1. The molecule has 1 aromatic heterocycles. The Labute approximate surface area is 186 Å². The van der Waals surface area contributed by atoms with Crippen molar-refractivity contribution in [1.82, 2.24) is 4.98 Å². The van der Waals surface area contributed by atoms with E-state index in [1.807, 2.05) is 40.7 Å². The van der Waals surface area contributed by atoms with Crippen molar-refractivity contribution in [2.24, 2.45) is 0 Å². The molecule has 166 valence electrons. The molecular weight excluding hydrogens is 394 g/mol. The van der Waals surface area contributed by atoms with Gasteiger partial charge in [0.25, 0.3) is 0 Å². The third kappa shape index (κ3) is 9.27. The second-order valence-electron chi connectivity index (χ2n) is 5.82. The number of benzene rings is 1. The van der Waals surface area contributed by atoms with Gasteiger partial charge in [-0.05, 0) is 51.0 Å². The predicted molar refractivity (Wildman–Crippen MR) is 132 cm³/mol. The number of nitrogen functional groups attached to an aromatic ring is 1. The van der Waals surface area contributed by atoms with Gasteiger partial charge in [-0.3, -0.25) is 4.79 Å². The van der Waals surface area contributed by atoms with Crippen molar-refractivity contribution >= 4 is 28.1 Å². The van der Waals surface area contributed by atoms with Crippen molar-refractivity contribution in [2.75, 3.05) is 24.7 Å². The number of nitrogens with zero attached hydrogens (tertiary/aromatic N) is 1. The first-order valence-electron chi connectivity index (χ1n) is 10.5. The zero-order valence-electron chi connectivity index (χ0n) is 19.4. The molecular formula is C24H37N3O2S. The Morgan fingerprint density at radius 1 is 1.20 bits per heavy atom. The summed E-state index contributed by atoms with van der Waals surface area (Å²) in [4.78, 5) is 17.3. The summed E-state index contributed by atoms with van der Waals surface area (Å²) in [6.45, 7) is 12.9. The van der Waals surface area contributed by atoms with E-state index in [2.05, 4.69) is 29.4 Å². The third-order valence-electron chi connectivity index (χ3n) is 3.85. The van der Waals surface area contributed by atoms with Crippen molar-refractivity contribution in [3.05, 3.63) is 58.5 Å². The Kier molecular flexibility index (Phi) is 14.8. The number of rotatable bonds is 9. The Bertz CT molecular complexity index is 793. The highest BCUT2D eigenvalue weighted by Gasteiger charge is 2.18. The van der Waals surface area contributed by atoms with Gasteiger partial charge in [0.2, 0.25) is 5.78 Å². The van der Waals surface area contributed by atoms with Crippen molar-refractivity contribution in [3.63, 3.8) is 0 Å². The quantitative estimate of drug-likeness (QED) is 0.340. The van der Waals surface area contributed by atoms with Crippen LogP contribution in [-0.2, 0) is 0 Å². The van der Waals surface area contributed by atoms with Gasteiger partial charge in [-0.1, -0.05) is 62.8 Å². The largest absolute Gasteiger partial charge is 0.497 e. The fourth-order valence-electron chi connectivity index (χ4n) is 2.32. The topological polar surface area (TPSA) is 77.2 Å². The zero-order chi connectivity index (χ0) is 22.9. The summed E-state index contributed by atoms with van der Waals surface area (Å²) >= 11 is 1.29. The summed E-state index contributed by atoms with van der Waals surface area (Å²) in [6, 6.07) is 6.97. The van der Waals surface area contributed by atoms with Gasteiger partial charge >= 0.3 is 0 Å². The van der Waals surface area contributed by atoms with Crippen molar-refractivity contribution in [2.45, 2.75) is 54.4 Å². The molecule has 0 aliphatic carbocycles. The lowest BCUT2D eigenvalue weighted by molar-refractivity contribution is 0.104. The summed E-state index contributed by atoms with van der Waals surface area (Å²) < 4.78 is 5.11. The molecule has 0 spiro atoms. The number of carbonyl (C=O) groups excluding carboxylic acids is 1. The second-order valence-corrected chi connectivity index (χ2v) is 6.82. The first-order chi connectivity index (χ1) is 14.5. The van der Waals surface area contributed by atoms with E-state index in [-0.39, 0.29) is 11.6 Å². The number of aromatic nitrogens is 1. The van der Waals surface area contributed by atoms with Crippen LogP contribution in [0.25, 0.3) is 0 Å². The average molecular weight is 432 g/mol. The van der Waals surface area contributed by atoms with Gasteiger partial charge in [-0.25, -0.2) is 4.98 Å². The van der Waals surface area contributed by atoms with E-state index in [0.717, 1.165) is 19.4 Å². The molecule has 0 unspecified atom stereocenters. The van der Waals surface area contributed by atoms with E-state index in [4.69, 9.17) is 10.5 Å². The van der Waals surface area contributed by atoms with Gasteiger partial charge in [0, 0.05) is 12.1 Å². The maximum atomic E-state index is 12.6. The van der Waals surface area contributed by atoms with Crippen LogP contribution in [0.5, 0.6) is 5.75 Å². The maximum absolute atomic E-state index is 12.6. The Balaban J connectivity index is 0.00000198. The molecule has 0 fully saturated rings. The molecule has 0 aliphatic rings. The lowest BCUT2D eigenvalue weighted by Crippen LogP contribution is -2.02. The number of thiazole rings is 1. The summed E-state index contributed by atoms with van der Waals surface area (Å²) in [5, 5.41) is 3.92. The monoisotopic (exact) mass is 431 g/mol. The number of hydrogen-bond acceptors (Lipinski definition) is 6. The van der Waals surface area contributed by atoms with E-state index in [1.54, 1.807) is 31.4 Å². The van der Waals surface area contributed by atoms with Gasteiger partial charge in [-0.2, -0.15) is 0 Å². The molecule has 0 saturated carbocycles. The first kappa shape index (κ1) is 27.4. The molecule has 0 bridgehead atoms. The third-order valence-corrected chi connectivity index (χ3v) is 4.87. The van der Waals surface area contributed by atoms with Gasteiger partial charge in [0.05, 0.1) is 7.11 Å². The molecule has 3 N–H and O–H groups in total. The van der Waals surface area contributed by atoms with Crippen LogP contribution in [0.1, 0.15) is 69.6 Å². The summed E-state index contributed by atoms with van der Waals surface area (Å²) in [5.41, 5.74) is 7.82. The molecule has 1 heterocycles. The minimum absolute atomic E-state index is 0.127.